The van der Waals surface area contributed by atoms with Gasteiger partial charge in [-0.2, -0.15) is 0 Å². The Kier molecular flexibility index (Phi) is 1.62. The third kappa shape index (κ3) is 1.16. The summed E-state index contributed by atoms with van der Waals surface area (Å²) < 4.78 is 2.18. The molecule has 1 unspecified atom stereocenters. The van der Waals surface area contributed by atoms with E-state index in [1.165, 1.54) is 32.5 Å². The van der Waals surface area contributed by atoms with Crippen molar-refractivity contribution in [2.24, 2.45) is 5.92 Å². The number of nitrogens with zero attached hydrogens (tertiary/aromatic N) is 4. The number of hydrogen-bond donors (Lipinski definition) is 0. The Morgan fingerprint density at radius 2 is 1.77 bits per heavy atom. The lowest BCUT2D eigenvalue weighted by Crippen LogP contribution is -2.47. The van der Waals surface area contributed by atoms with E-state index in [0.717, 1.165) is 5.92 Å². The van der Waals surface area contributed by atoms with E-state index in [4.69, 9.17) is 0 Å². The number of fused-ring (bicyclic) bond motifs is 3. The van der Waals surface area contributed by atoms with E-state index in [1.807, 2.05) is 12.7 Å². The summed E-state index contributed by atoms with van der Waals surface area (Å²) in [5, 5.41) is 7.75. The van der Waals surface area contributed by atoms with Crippen molar-refractivity contribution in [3.63, 3.8) is 0 Å². The third-order valence-corrected chi connectivity index (χ3v) is 3.44. The van der Waals surface area contributed by atoms with Gasteiger partial charge >= 0.3 is 0 Å². The second-order valence-electron chi connectivity index (χ2n) is 4.11. The van der Waals surface area contributed by atoms with Crippen molar-refractivity contribution in [3.8, 4) is 0 Å². The molecule has 4 heterocycles. The molecule has 0 aliphatic carbocycles. The largest absolute Gasteiger partial charge is 0.316 e. The van der Waals surface area contributed by atoms with Crippen molar-refractivity contribution in [3.05, 3.63) is 12.7 Å². The van der Waals surface area contributed by atoms with Gasteiger partial charge in [0.25, 0.3) is 0 Å². The first-order chi connectivity index (χ1) is 6.43. The highest BCUT2D eigenvalue weighted by Gasteiger charge is 2.34. The fraction of sp³-hybridized carbons (Fsp3) is 0.778. The van der Waals surface area contributed by atoms with Crippen LogP contribution in [0.5, 0.6) is 0 Å². The van der Waals surface area contributed by atoms with Crippen LogP contribution in [-0.4, -0.2) is 39.3 Å². The van der Waals surface area contributed by atoms with Gasteiger partial charge in [0.1, 0.15) is 12.7 Å². The highest BCUT2D eigenvalue weighted by molar-refractivity contribution is 4.90. The summed E-state index contributed by atoms with van der Waals surface area (Å²) in [6.07, 6.45) is 6.41. The van der Waals surface area contributed by atoms with Crippen molar-refractivity contribution in [1.29, 1.82) is 0 Å². The molecule has 3 aliphatic heterocycles. The molecular formula is C9H14N4. The van der Waals surface area contributed by atoms with E-state index in [9.17, 15) is 0 Å². The Morgan fingerprint density at radius 1 is 1.08 bits per heavy atom. The molecule has 4 heteroatoms. The van der Waals surface area contributed by atoms with Crippen molar-refractivity contribution in [1.82, 2.24) is 19.7 Å². The van der Waals surface area contributed by atoms with Crippen molar-refractivity contribution >= 4 is 0 Å². The van der Waals surface area contributed by atoms with Crippen LogP contribution in [0.2, 0.25) is 0 Å². The number of hydrogen-bond acceptors (Lipinski definition) is 3. The average molecular weight is 178 g/mol. The molecule has 3 fully saturated rings. The minimum atomic E-state index is 0.637. The molecular weight excluding hydrogens is 164 g/mol. The minimum absolute atomic E-state index is 0.637. The zero-order valence-electron chi connectivity index (χ0n) is 7.63. The summed E-state index contributed by atoms with van der Waals surface area (Å²) in [6.45, 7) is 3.79. The second kappa shape index (κ2) is 2.80. The second-order valence-corrected chi connectivity index (χ2v) is 4.11. The smallest absolute Gasteiger partial charge is 0.119 e. The molecule has 2 bridgehead atoms. The number of piperidine rings is 3. The lowest BCUT2D eigenvalue weighted by Gasteiger charge is -2.44. The summed E-state index contributed by atoms with van der Waals surface area (Å²) in [4.78, 5) is 2.55. The predicted octanol–water partition coefficient (Wildman–Crippen LogP) is 0.545. The molecule has 3 saturated heterocycles. The normalized spacial score (nSPS) is 38.0. The molecule has 0 spiro atoms. The molecule has 70 valence electrons. The maximum atomic E-state index is 3.88. The Labute approximate surface area is 77.6 Å². The Balaban J connectivity index is 1.85. The molecule has 13 heavy (non-hydrogen) atoms. The molecule has 0 radical (unpaired) electrons. The van der Waals surface area contributed by atoms with Gasteiger partial charge in [0, 0.05) is 6.54 Å². The van der Waals surface area contributed by atoms with Crippen LogP contribution in [0.3, 0.4) is 0 Å². The summed E-state index contributed by atoms with van der Waals surface area (Å²) >= 11 is 0. The van der Waals surface area contributed by atoms with Crippen molar-refractivity contribution in [2.75, 3.05) is 19.6 Å². The van der Waals surface area contributed by atoms with E-state index in [1.54, 1.807) is 0 Å². The molecule has 4 nitrogen and oxygen atoms in total. The first-order valence-corrected chi connectivity index (χ1v) is 5.00. The van der Waals surface area contributed by atoms with Crippen LogP contribution >= 0.6 is 0 Å². The van der Waals surface area contributed by atoms with Gasteiger partial charge in [-0.05, 0) is 31.8 Å². The highest BCUT2D eigenvalue weighted by Crippen LogP contribution is 2.34. The first kappa shape index (κ1) is 7.50. The van der Waals surface area contributed by atoms with Crippen LogP contribution in [0.4, 0.5) is 0 Å². The summed E-state index contributed by atoms with van der Waals surface area (Å²) in [7, 11) is 0. The summed E-state index contributed by atoms with van der Waals surface area (Å²) in [6, 6.07) is 0.637. The predicted molar refractivity (Wildman–Crippen MR) is 48.2 cm³/mol. The number of rotatable bonds is 1. The van der Waals surface area contributed by atoms with Gasteiger partial charge in [0.15, 0.2) is 0 Å². The van der Waals surface area contributed by atoms with Gasteiger partial charge in [-0.15, -0.1) is 10.2 Å². The van der Waals surface area contributed by atoms with Gasteiger partial charge in [0.2, 0.25) is 0 Å². The quantitative estimate of drug-likeness (QED) is 0.629. The maximum Gasteiger partial charge on any atom is 0.119 e. The zero-order valence-corrected chi connectivity index (χ0v) is 7.63. The van der Waals surface area contributed by atoms with Crippen LogP contribution in [0, 0.1) is 5.92 Å². The van der Waals surface area contributed by atoms with Gasteiger partial charge in [-0.3, -0.25) is 0 Å². The average Bonchev–Trinajstić information content (AvgIpc) is 2.72. The van der Waals surface area contributed by atoms with Gasteiger partial charge < -0.3 is 9.47 Å². The van der Waals surface area contributed by atoms with Crippen LogP contribution in [-0.2, 0) is 0 Å². The molecule has 1 atom stereocenters. The van der Waals surface area contributed by atoms with E-state index < -0.39 is 0 Å². The molecule has 0 amide bonds. The molecule has 0 saturated carbocycles. The van der Waals surface area contributed by atoms with Crippen LogP contribution < -0.4 is 0 Å². The maximum absolute atomic E-state index is 3.88. The van der Waals surface area contributed by atoms with E-state index in [-0.39, 0.29) is 0 Å². The highest BCUT2D eigenvalue weighted by atomic mass is 15.3. The lowest BCUT2D eigenvalue weighted by atomic mass is 9.84. The standard InChI is InChI=1S/C9H14N4/c1-3-12-4-2-8(1)9(5-12)13-6-10-11-7-13/h6-9H,1-5H2. The molecule has 1 aromatic rings. The van der Waals surface area contributed by atoms with Gasteiger partial charge in [-0.1, -0.05) is 0 Å². The van der Waals surface area contributed by atoms with Crippen molar-refractivity contribution < 1.29 is 0 Å². The molecule has 3 aliphatic rings. The Hall–Kier alpha value is -0.900. The van der Waals surface area contributed by atoms with Gasteiger partial charge in [-0.25, -0.2) is 0 Å². The van der Waals surface area contributed by atoms with Crippen LogP contribution in [0.1, 0.15) is 18.9 Å². The lowest BCUT2D eigenvalue weighted by molar-refractivity contribution is 0.0568. The zero-order chi connectivity index (χ0) is 8.67. The molecule has 1 aromatic heterocycles. The summed E-state index contributed by atoms with van der Waals surface area (Å²) in [5.41, 5.74) is 0. The third-order valence-electron chi connectivity index (χ3n) is 3.44. The van der Waals surface area contributed by atoms with Crippen molar-refractivity contribution in [2.45, 2.75) is 18.9 Å². The fourth-order valence-corrected chi connectivity index (χ4v) is 2.65. The molecule has 0 N–H and O–H groups in total. The van der Waals surface area contributed by atoms with Crippen LogP contribution in [0.25, 0.3) is 0 Å². The first-order valence-electron chi connectivity index (χ1n) is 5.00. The number of aromatic nitrogens is 3. The van der Waals surface area contributed by atoms with Gasteiger partial charge in [0.05, 0.1) is 6.04 Å². The topological polar surface area (TPSA) is 34.0 Å². The Morgan fingerprint density at radius 3 is 2.31 bits per heavy atom. The minimum Gasteiger partial charge on any atom is -0.316 e. The van der Waals surface area contributed by atoms with E-state index in [0.29, 0.717) is 6.04 Å². The van der Waals surface area contributed by atoms with Crippen LogP contribution in [0.15, 0.2) is 12.7 Å². The monoisotopic (exact) mass is 178 g/mol. The SMILES string of the molecule is c1nncn1C1CN2CCC1CC2. The van der Waals surface area contributed by atoms with E-state index in [2.05, 4.69) is 19.7 Å². The van der Waals surface area contributed by atoms with E-state index >= 15 is 0 Å². The molecule has 4 rings (SSSR count). The summed E-state index contributed by atoms with van der Waals surface area (Å²) in [5.74, 6) is 0.862. The Bertz CT molecular complexity index is 274. The fourth-order valence-electron chi connectivity index (χ4n) is 2.65. The molecule has 0 aromatic carbocycles.